The lowest BCUT2D eigenvalue weighted by Gasteiger charge is -2.10. The molecule has 0 amide bonds. The van der Waals surface area contributed by atoms with Gasteiger partial charge in [-0.25, -0.2) is 0 Å². The monoisotopic (exact) mass is 217 g/mol. The Hall–Kier alpha value is -1.28. The van der Waals surface area contributed by atoms with E-state index < -0.39 is 6.10 Å². The van der Waals surface area contributed by atoms with Crippen molar-refractivity contribution in [1.29, 1.82) is 0 Å². The lowest BCUT2D eigenvalue weighted by molar-refractivity contribution is 0.200. The van der Waals surface area contributed by atoms with E-state index in [1.807, 2.05) is 13.0 Å². The van der Waals surface area contributed by atoms with Crippen LogP contribution in [0, 0.1) is 6.92 Å². The first-order valence-electron chi connectivity index (χ1n) is 5.80. The summed E-state index contributed by atoms with van der Waals surface area (Å²) in [6, 6.07) is 6.67. The van der Waals surface area contributed by atoms with Gasteiger partial charge >= 0.3 is 0 Å². The smallest absolute Gasteiger partial charge is 0.0782 e. The van der Waals surface area contributed by atoms with E-state index in [-0.39, 0.29) is 0 Å². The van der Waals surface area contributed by atoms with E-state index in [2.05, 4.69) is 43.7 Å². The van der Waals surface area contributed by atoms with Crippen LogP contribution in [0.15, 0.2) is 24.4 Å². The zero-order chi connectivity index (χ0) is 11.9. The number of nitrogens with zero attached hydrogens (tertiary/aromatic N) is 1. The molecule has 2 nitrogen and oxygen atoms in total. The highest BCUT2D eigenvalue weighted by Gasteiger charge is 2.14. The van der Waals surface area contributed by atoms with Crippen LogP contribution >= 0.6 is 0 Å². The number of fused-ring (bicyclic) bond motifs is 1. The van der Waals surface area contributed by atoms with E-state index in [0.29, 0.717) is 6.04 Å². The van der Waals surface area contributed by atoms with Crippen molar-refractivity contribution in [2.24, 2.45) is 0 Å². The molecule has 0 bridgehead atoms. The number of aliphatic hydroxyl groups is 1. The molecule has 1 aromatic heterocycles. The molecule has 0 aliphatic carbocycles. The van der Waals surface area contributed by atoms with Crippen LogP contribution in [-0.4, -0.2) is 9.67 Å². The van der Waals surface area contributed by atoms with Crippen LogP contribution in [0.4, 0.5) is 0 Å². The van der Waals surface area contributed by atoms with Crippen LogP contribution in [0.3, 0.4) is 0 Å². The molecule has 0 saturated heterocycles. The Morgan fingerprint density at radius 3 is 2.44 bits per heavy atom. The van der Waals surface area contributed by atoms with Gasteiger partial charge in [0.2, 0.25) is 0 Å². The topological polar surface area (TPSA) is 25.2 Å². The predicted molar refractivity (Wildman–Crippen MR) is 67.7 cm³/mol. The average molecular weight is 217 g/mol. The molecule has 0 radical (unpaired) electrons. The molecule has 86 valence electrons. The summed E-state index contributed by atoms with van der Waals surface area (Å²) < 4.78 is 2.24. The molecule has 2 rings (SSSR count). The molecule has 1 atom stereocenters. The van der Waals surface area contributed by atoms with E-state index in [1.165, 1.54) is 16.5 Å². The highest BCUT2D eigenvalue weighted by atomic mass is 16.3. The minimum atomic E-state index is -0.413. The first kappa shape index (κ1) is 11.2. The standard InChI is InChI=1S/C14H19NO/c1-9(2)15-8-13(11(4)16)12-7-5-6-10(3)14(12)15/h5-9,11,16H,1-4H3. The van der Waals surface area contributed by atoms with Gasteiger partial charge in [-0.2, -0.15) is 0 Å². The summed E-state index contributed by atoms with van der Waals surface area (Å²) in [5.41, 5.74) is 3.53. The van der Waals surface area contributed by atoms with Crippen molar-refractivity contribution in [3.8, 4) is 0 Å². The maximum atomic E-state index is 9.79. The molecule has 0 aliphatic rings. The van der Waals surface area contributed by atoms with Crippen LogP contribution in [-0.2, 0) is 0 Å². The lowest BCUT2D eigenvalue weighted by atomic mass is 10.1. The zero-order valence-electron chi connectivity index (χ0n) is 10.4. The molecule has 1 heterocycles. The molecule has 0 aliphatic heterocycles. The summed E-state index contributed by atoms with van der Waals surface area (Å²) in [6.07, 6.45) is 1.66. The number of para-hydroxylation sites is 1. The summed E-state index contributed by atoms with van der Waals surface area (Å²) in [6.45, 7) is 8.27. The molecular weight excluding hydrogens is 198 g/mol. The van der Waals surface area contributed by atoms with Crippen LogP contribution in [0.25, 0.3) is 10.9 Å². The lowest BCUT2D eigenvalue weighted by Crippen LogP contribution is -1.99. The SMILES string of the molecule is Cc1cccc2c(C(C)O)cn(C(C)C)c12. The highest BCUT2D eigenvalue weighted by molar-refractivity contribution is 5.87. The van der Waals surface area contributed by atoms with Crippen molar-refractivity contribution >= 4 is 10.9 Å². The van der Waals surface area contributed by atoms with Gasteiger partial charge in [0.15, 0.2) is 0 Å². The molecule has 1 N–H and O–H groups in total. The molecule has 1 aromatic carbocycles. The summed E-state index contributed by atoms with van der Waals surface area (Å²) >= 11 is 0. The maximum Gasteiger partial charge on any atom is 0.0782 e. The Bertz CT molecular complexity index is 509. The van der Waals surface area contributed by atoms with Crippen LogP contribution in [0.1, 0.15) is 44.0 Å². The zero-order valence-corrected chi connectivity index (χ0v) is 10.4. The predicted octanol–water partition coefficient (Wildman–Crippen LogP) is 3.58. The van der Waals surface area contributed by atoms with Gasteiger partial charge in [-0.1, -0.05) is 18.2 Å². The van der Waals surface area contributed by atoms with E-state index >= 15 is 0 Å². The maximum absolute atomic E-state index is 9.79. The fourth-order valence-corrected chi connectivity index (χ4v) is 2.26. The molecular formula is C14H19NO. The van der Waals surface area contributed by atoms with Crippen LogP contribution in [0.5, 0.6) is 0 Å². The average Bonchev–Trinajstić information content (AvgIpc) is 2.58. The Labute approximate surface area is 96.5 Å². The Balaban J connectivity index is 2.82. The number of aryl methyl sites for hydroxylation is 1. The van der Waals surface area contributed by atoms with Crippen molar-refractivity contribution in [2.45, 2.75) is 39.8 Å². The number of benzene rings is 1. The van der Waals surface area contributed by atoms with Crippen molar-refractivity contribution < 1.29 is 5.11 Å². The van der Waals surface area contributed by atoms with E-state index in [4.69, 9.17) is 0 Å². The van der Waals surface area contributed by atoms with Crippen molar-refractivity contribution in [3.05, 3.63) is 35.5 Å². The fraction of sp³-hybridized carbons (Fsp3) is 0.429. The van der Waals surface area contributed by atoms with E-state index in [1.54, 1.807) is 0 Å². The third-order valence-electron chi connectivity index (χ3n) is 3.09. The number of hydrogen-bond acceptors (Lipinski definition) is 1. The molecule has 0 saturated carbocycles. The summed E-state index contributed by atoms with van der Waals surface area (Å²) in [7, 11) is 0. The Morgan fingerprint density at radius 1 is 1.19 bits per heavy atom. The van der Waals surface area contributed by atoms with E-state index in [9.17, 15) is 5.11 Å². The first-order valence-corrected chi connectivity index (χ1v) is 5.80. The third kappa shape index (κ3) is 1.63. The molecule has 0 spiro atoms. The third-order valence-corrected chi connectivity index (χ3v) is 3.09. The number of rotatable bonds is 2. The summed E-state index contributed by atoms with van der Waals surface area (Å²) in [5.74, 6) is 0. The quantitative estimate of drug-likeness (QED) is 0.817. The summed E-state index contributed by atoms with van der Waals surface area (Å²) in [5, 5.41) is 11.0. The molecule has 2 heteroatoms. The number of aliphatic hydroxyl groups excluding tert-OH is 1. The molecule has 0 fully saturated rings. The van der Waals surface area contributed by atoms with Crippen molar-refractivity contribution in [1.82, 2.24) is 4.57 Å². The van der Waals surface area contributed by atoms with Crippen LogP contribution < -0.4 is 0 Å². The fourth-order valence-electron chi connectivity index (χ4n) is 2.26. The number of hydrogen-bond donors (Lipinski definition) is 1. The van der Waals surface area contributed by atoms with Crippen molar-refractivity contribution in [3.63, 3.8) is 0 Å². The second-order valence-corrected chi connectivity index (χ2v) is 4.73. The van der Waals surface area contributed by atoms with Gasteiger partial charge in [-0.15, -0.1) is 0 Å². The second-order valence-electron chi connectivity index (χ2n) is 4.73. The van der Waals surface area contributed by atoms with Gasteiger partial charge < -0.3 is 9.67 Å². The Kier molecular flexibility index (Phi) is 2.76. The van der Waals surface area contributed by atoms with Gasteiger partial charge in [-0.3, -0.25) is 0 Å². The van der Waals surface area contributed by atoms with Gasteiger partial charge in [0.05, 0.1) is 11.6 Å². The second kappa shape index (κ2) is 3.95. The normalized spacial score (nSPS) is 13.6. The molecule has 16 heavy (non-hydrogen) atoms. The van der Waals surface area contributed by atoms with Gasteiger partial charge in [0.25, 0.3) is 0 Å². The summed E-state index contributed by atoms with van der Waals surface area (Å²) in [4.78, 5) is 0. The van der Waals surface area contributed by atoms with Crippen molar-refractivity contribution in [2.75, 3.05) is 0 Å². The van der Waals surface area contributed by atoms with E-state index in [0.717, 1.165) is 5.56 Å². The highest BCUT2D eigenvalue weighted by Crippen LogP contribution is 2.30. The first-order chi connectivity index (χ1) is 7.52. The van der Waals surface area contributed by atoms with Gasteiger partial charge in [0.1, 0.15) is 0 Å². The number of aromatic nitrogens is 1. The van der Waals surface area contributed by atoms with Crippen LogP contribution in [0.2, 0.25) is 0 Å². The minimum absolute atomic E-state index is 0.413. The molecule has 2 aromatic rings. The van der Waals surface area contributed by atoms with Gasteiger partial charge in [-0.05, 0) is 33.3 Å². The largest absolute Gasteiger partial charge is 0.389 e. The van der Waals surface area contributed by atoms with Gasteiger partial charge in [0, 0.05) is 23.2 Å². The molecule has 1 unspecified atom stereocenters. The minimum Gasteiger partial charge on any atom is -0.389 e. The Morgan fingerprint density at radius 2 is 1.88 bits per heavy atom.